The second-order valence-electron chi connectivity index (χ2n) is 12.1. The minimum absolute atomic E-state index is 0.0975. The van der Waals surface area contributed by atoms with Crippen molar-refractivity contribution < 1.29 is 28.9 Å². The predicted molar refractivity (Wildman–Crippen MR) is 154 cm³/mol. The number of aromatic nitrogens is 2. The number of amides is 1. The Bertz CT molecular complexity index is 1420. The number of rotatable bonds is 10. The zero-order chi connectivity index (χ0) is 28.7. The average molecular weight is 560 g/mol. The van der Waals surface area contributed by atoms with Crippen molar-refractivity contribution in [2.45, 2.75) is 51.4 Å². The number of aromatic amines is 1. The number of aromatic carboxylic acids is 1. The van der Waals surface area contributed by atoms with Crippen LogP contribution in [0.15, 0.2) is 36.4 Å². The zero-order valence-electron chi connectivity index (χ0n) is 23.8. The van der Waals surface area contributed by atoms with Crippen LogP contribution in [0.25, 0.3) is 11.4 Å². The molecular formula is C32H37N3O6. The van der Waals surface area contributed by atoms with Crippen molar-refractivity contribution in [2.24, 2.45) is 23.2 Å². The Morgan fingerprint density at radius 3 is 2.17 bits per heavy atom. The average Bonchev–Trinajstić information content (AvgIpc) is 3.39. The van der Waals surface area contributed by atoms with Crippen LogP contribution in [0, 0.1) is 23.2 Å². The molecule has 9 heteroatoms. The first-order chi connectivity index (χ1) is 19.8. The van der Waals surface area contributed by atoms with Crippen LogP contribution in [0.3, 0.4) is 0 Å². The summed E-state index contributed by atoms with van der Waals surface area (Å²) >= 11 is 0. The van der Waals surface area contributed by atoms with E-state index in [9.17, 15) is 14.7 Å². The Hall–Kier alpha value is -4.01. The van der Waals surface area contributed by atoms with E-state index in [0.29, 0.717) is 46.2 Å². The lowest BCUT2D eigenvalue weighted by Gasteiger charge is -2.57. The minimum atomic E-state index is -1.06. The quantitative estimate of drug-likeness (QED) is 0.270. The molecule has 3 N–H and O–H groups in total. The summed E-state index contributed by atoms with van der Waals surface area (Å²) in [6.45, 7) is 0. The van der Waals surface area contributed by atoms with Gasteiger partial charge in [-0.2, -0.15) is 0 Å². The number of aryl methyl sites for hydroxylation is 1. The Labute approximate surface area is 239 Å². The summed E-state index contributed by atoms with van der Waals surface area (Å²) in [4.78, 5) is 33.4. The van der Waals surface area contributed by atoms with Crippen molar-refractivity contribution in [3.05, 3.63) is 53.3 Å². The molecule has 216 valence electrons. The van der Waals surface area contributed by atoms with Gasteiger partial charge in [-0.1, -0.05) is 6.07 Å². The molecule has 41 heavy (non-hydrogen) atoms. The lowest BCUT2D eigenvalue weighted by Crippen LogP contribution is -2.46. The summed E-state index contributed by atoms with van der Waals surface area (Å²) in [5.74, 6) is 3.12. The molecule has 9 nitrogen and oxygen atoms in total. The SMILES string of the molecule is COc1cc(OC)c(-c2nc(C(=O)Nc3cccc(C(=O)O)c3)c(CCC34CC5CC(CC(C5)C3)C4)[nH]2)c(OC)c1. The summed E-state index contributed by atoms with van der Waals surface area (Å²) in [6, 6.07) is 9.72. The topological polar surface area (TPSA) is 123 Å². The first kappa shape index (κ1) is 27.2. The van der Waals surface area contributed by atoms with Crippen molar-refractivity contribution in [3.8, 4) is 28.6 Å². The number of carbonyl (C=O) groups excluding carboxylic acids is 1. The van der Waals surface area contributed by atoms with Gasteiger partial charge in [-0.05, 0) is 92.7 Å². The van der Waals surface area contributed by atoms with E-state index in [1.165, 1.54) is 50.7 Å². The minimum Gasteiger partial charge on any atom is -0.496 e. The fourth-order valence-corrected chi connectivity index (χ4v) is 8.04. The largest absolute Gasteiger partial charge is 0.496 e. The number of nitrogens with one attached hydrogen (secondary N) is 2. The fraction of sp³-hybridized carbons (Fsp3) is 0.469. The molecule has 7 rings (SSSR count). The van der Waals surface area contributed by atoms with Crippen LogP contribution in [0.2, 0.25) is 0 Å². The van der Waals surface area contributed by atoms with Crippen LogP contribution >= 0.6 is 0 Å². The van der Waals surface area contributed by atoms with E-state index in [2.05, 4.69) is 10.3 Å². The maximum atomic E-state index is 13.7. The van der Waals surface area contributed by atoms with Crippen LogP contribution in [-0.2, 0) is 6.42 Å². The number of nitrogens with zero attached hydrogens (tertiary/aromatic N) is 1. The second-order valence-corrected chi connectivity index (χ2v) is 12.1. The monoisotopic (exact) mass is 559 g/mol. The summed E-state index contributed by atoms with van der Waals surface area (Å²) in [5, 5.41) is 12.3. The molecule has 1 aromatic heterocycles. The van der Waals surface area contributed by atoms with Crippen molar-refractivity contribution in [1.29, 1.82) is 0 Å². The standard InChI is InChI=1S/C32H37N3O6/c1-39-23-13-25(40-2)27(26(14-23)41-3)29-34-24(7-8-32-15-18-9-19(16-32)11-20(10-18)17-32)28(35-29)30(36)33-22-6-4-5-21(12-22)31(37)38/h4-6,12-14,18-20H,7-11,15-17H2,1-3H3,(H,33,36)(H,34,35)(H,37,38). The lowest BCUT2D eigenvalue weighted by molar-refractivity contribution is -0.0570. The molecule has 0 atom stereocenters. The molecule has 1 heterocycles. The van der Waals surface area contributed by atoms with Gasteiger partial charge in [-0.3, -0.25) is 4.79 Å². The number of anilines is 1. The Morgan fingerprint density at radius 2 is 1.61 bits per heavy atom. The molecule has 4 aliphatic carbocycles. The summed E-state index contributed by atoms with van der Waals surface area (Å²) in [5.41, 5.74) is 2.46. The zero-order valence-corrected chi connectivity index (χ0v) is 23.8. The first-order valence-electron chi connectivity index (χ1n) is 14.3. The van der Waals surface area contributed by atoms with E-state index in [4.69, 9.17) is 19.2 Å². The molecule has 3 aromatic rings. The molecule has 0 unspecified atom stereocenters. The van der Waals surface area contributed by atoms with Gasteiger partial charge in [0.2, 0.25) is 0 Å². The van der Waals surface area contributed by atoms with Crippen LogP contribution < -0.4 is 19.5 Å². The van der Waals surface area contributed by atoms with E-state index in [1.54, 1.807) is 45.6 Å². The van der Waals surface area contributed by atoms with Gasteiger partial charge in [0.1, 0.15) is 34.3 Å². The van der Waals surface area contributed by atoms with Gasteiger partial charge in [-0.25, -0.2) is 9.78 Å². The van der Waals surface area contributed by atoms with Gasteiger partial charge in [0, 0.05) is 23.5 Å². The highest BCUT2D eigenvalue weighted by Gasteiger charge is 2.50. The molecular weight excluding hydrogens is 522 g/mol. The van der Waals surface area contributed by atoms with Crippen molar-refractivity contribution in [2.75, 3.05) is 26.6 Å². The molecule has 4 fully saturated rings. The van der Waals surface area contributed by atoms with Crippen LogP contribution in [0.4, 0.5) is 5.69 Å². The van der Waals surface area contributed by atoms with Gasteiger partial charge in [0.15, 0.2) is 0 Å². The van der Waals surface area contributed by atoms with E-state index >= 15 is 0 Å². The predicted octanol–water partition coefficient (Wildman–Crippen LogP) is 6.20. The number of carboxylic acid groups (broad SMARTS) is 1. The molecule has 0 saturated heterocycles. The maximum Gasteiger partial charge on any atom is 0.335 e. The molecule has 4 aliphatic rings. The highest BCUT2D eigenvalue weighted by Crippen LogP contribution is 2.61. The van der Waals surface area contributed by atoms with Gasteiger partial charge in [-0.15, -0.1) is 0 Å². The van der Waals surface area contributed by atoms with Crippen molar-refractivity contribution >= 4 is 17.6 Å². The van der Waals surface area contributed by atoms with Gasteiger partial charge in [0.25, 0.3) is 5.91 Å². The van der Waals surface area contributed by atoms with E-state index in [0.717, 1.165) is 29.9 Å². The molecule has 4 saturated carbocycles. The normalized spacial score (nSPS) is 24.2. The third kappa shape index (κ3) is 5.25. The van der Waals surface area contributed by atoms with Gasteiger partial charge >= 0.3 is 5.97 Å². The third-order valence-corrected chi connectivity index (χ3v) is 9.38. The number of ether oxygens (including phenoxy) is 3. The highest BCUT2D eigenvalue weighted by atomic mass is 16.5. The van der Waals surface area contributed by atoms with Gasteiger partial charge in [0.05, 0.1) is 26.9 Å². The number of hydrogen-bond donors (Lipinski definition) is 3. The van der Waals surface area contributed by atoms with Crippen molar-refractivity contribution in [3.63, 3.8) is 0 Å². The van der Waals surface area contributed by atoms with Crippen molar-refractivity contribution in [1.82, 2.24) is 9.97 Å². The first-order valence-corrected chi connectivity index (χ1v) is 14.3. The van der Waals surface area contributed by atoms with E-state index < -0.39 is 11.9 Å². The van der Waals surface area contributed by atoms with E-state index in [1.807, 2.05) is 0 Å². The van der Waals surface area contributed by atoms with Gasteiger partial charge < -0.3 is 29.6 Å². The van der Waals surface area contributed by atoms with E-state index in [-0.39, 0.29) is 11.3 Å². The molecule has 0 spiro atoms. The lowest BCUT2D eigenvalue weighted by atomic mass is 9.48. The number of hydrogen-bond acceptors (Lipinski definition) is 6. The number of H-pyrrole nitrogens is 1. The van der Waals surface area contributed by atoms with Crippen LogP contribution in [0.5, 0.6) is 17.2 Å². The fourth-order valence-electron chi connectivity index (χ4n) is 8.04. The smallest absolute Gasteiger partial charge is 0.335 e. The molecule has 4 bridgehead atoms. The summed E-state index contributed by atoms with van der Waals surface area (Å²) < 4.78 is 16.8. The molecule has 1 amide bonds. The number of carbonyl (C=O) groups is 2. The third-order valence-electron chi connectivity index (χ3n) is 9.38. The highest BCUT2D eigenvalue weighted by molar-refractivity contribution is 6.04. The molecule has 2 aromatic carbocycles. The number of carboxylic acids is 1. The Balaban J connectivity index is 1.35. The maximum absolute atomic E-state index is 13.7. The van der Waals surface area contributed by atoms with Crippen LogP contribution in [-0.4, -0.2) is 48.3 Å². The summed E-state index contributed by atoms with van der Waals surface area (Å²) in [6.07, 6.45) is 9.69. The van der Waals surface area contributed by atoms with Crippen LogP contribution in [0.1, 0.15) is 71.5 Å². The number of methoxy groups -OCH3 is 3. The number of imidazole rings is 1. The second kappa shape index (κ2) is 10.8. The Morgan fingerprint density at radius 1 is 0.976 bits per heavy atom. The molecule has 0 aliphatic heterocycles. The summed E-state index contributed by atoms with van der Waals surface area (Å²) in [7, 11) is 4.71. The number of benzene rings is 2. The molecule has 0 radical (unpaired) electrons. The Kier molecular flexibility index (Phi) is 7.13.